The molecule has 0 amide bonds. The summed E-state index contributed by atoms with van der Waals surface area (Å²) in [6.45, 7) is 4.65. The van der Waals surface area contributed by atoms with Crippen molar-refractivity contribution < 1.29 is 0 Å². The summed E-state index contributed by atoms with van der Waals surface area (Å²) in [5.74, 6) is 0. The molecule has 1 aromatic heterocycles. The number of rotatable bonds is 5. The number of aliphatic imine (C=N–C) groups is 1. The molecule has 0 bridgehead atoms. The van der Waals surface area contributed by atoms with E-state index in [0.717, 1.165) is 17.9 Å². The topological polar surface area (TPSA) is 20.5 Å². The molecule has 1 aliphatic heterocycles. The average molecular weight is 652 g/mol. The fourth-order valence-corrected chi connectivity index (χ4v) is 8.07. The lowest BCUT2D eigenvalue weighted by Crippen LogP contribution is -2.22. The van der Waals surface area contributed by atoms with Gasteiger partial charge in [-0.1, -0.05) is 127 Å². The molecule has 3 nitrogen and oxygen atoms in total. The molecule has 0 saturated heterocycles. The molecule has 2 heterocycles. The second-order valence-corrected chi connectivity index (χ2v) is 13.3. The van der Waals surface area contributed by atoms with E-state index in [2.05, 4.69) is 185 Å². The Morgan fingerprint density at radius 2 is 1.12 bits per heavy atom. The third kappa shape index (κ3) is 4.70. The molecule has 0 saturated carbocycles. The van der Waals surface area contributed by atoms with E-state index in [1.165, 1.54) is 82.9 Å². The van der Waals surface area contributed by atoms with Crippen LogP contribution in [0.4, 0.5) is 17.1 Å². The van der Waals surface area contributed by atoms with Gasteiger partial charge in [0.25, 0.3) is 0 Å². The lowest BCUT2D eigenvalue weighted by Gasteiger charge is -2.34. The van der Waals surface area contributed by atoms with Gasteiger partial charge >= 0.3 is 0 Å². The Balaban J connectivity index is 1.07. The average Bonchev–Trinajstić information content (AvgIpc) is 3.54. The lowest BCUT2D eigenvalue weighted by atomic mass is 9.87. The number of nitrogens with zero attached hydrogens (tertiary/aromatic N) is 3. The molecule has 240 valence electrons. The summed E-state index contributed by atoms with van der Waals surface area (Å²) in [7, 11) is 0. The minimum Gasteiger partial charge on any atom is -0.335 e. The van der Waals surface area contributed by atoms with Crippen LogP contribution in [0, 0.1) is 0 Å². The Bertz CT molecular complexity index is 2790. The second-order valence-electron chi connectivity index (χ2n) is 13.3. The van der Waals surface area contributed by atoms with Crippen molar-refractivity contribution in [2.45, 2.75) is 6.54 Å². The van der Waals surface area contributed by atoms with Crippen LogP contribution < -0.4 is 4.90 Å². The molecular formula is C48H33N3. The van der Waals surface area contributed by atoms with Crippen molar-refractivity contribution in [1.82, 2.24) is 4.57 Å². The molecule has 10 rings (SSSR count). The predicted octanol–water partition coefficient (Wildman–Crippen LogP) is 12.9. The van der Waals surface area contributed by atoms with Gasteiger partial charge in [-0.3, -0.25) is 4.99 Å². The van der Waals surface area contributed by atoms with Crippen molar-refractivity contribution >= 4 is 56.4 Å². The number of hydrogen-bond donors (Lipinski definition) is 0. The molecule has 0 spiro atoms. The molecule has 51 heavy (non-hydrogen) atoms. The van der Waals surface area contributed by atoms with Crippen molar-refractivity contribution in [3.8, 4) is 39.1 Å². The van der Waals surface area contributed by atoms with Crippen LogP contribution in [-0.4, -0.2) is 11.3 Å². The van der Waals surface area contributed by atoms with Gasteiger partial charge < -0.3 is 9.47 Å². The summed E-state index contributed by atoms with van der Waals surface area (Å²) in [4.78, 5) is 6.80. The number of benzene rings is 8. The first-order chi connectivity index (χ1) is 25.2. The quantitative estimate of drug-likeness (QED) is 0.170. The fourth-order valence-electron chi connectivity index (χ4n) is 8.07. The van der Waals surface area contributed by atoms with E-state index in [0.29, 0.717) is 0 Å². The van der Waals surface area contributed by atoms with Crippen LogP contribution in [0.5, 0.6) is 0 Å². The van der Waals surface area contributed by atoms with Crippen molar-refractivity contribution in [2.75, 3.05) is 4.90 Å². The molecule has 0 fully saturated rings. The normalized spacial score (nSPS) is 12.3. The zero-order valence-corrected chi connectivity index (χ0v) is 28.0. The monoisotopic (exact) mass is 651 g/mol. The molecule has 1 aliphatic rings. The SMILES string of the molecule is C=Nc1ccccc1N1Cc2ccc3ccccc3c2-c2ccc(-c3ccc(-c4ccc5c(c4)c4ccccc4n5-c4ccccc4)cc3)cc21. The second kappa shape index (κ2) is 11.7. The lowest BCUT2D eigenvalue weighted by molar-refractivity contribution is 0.964. The highest BCUT2D eigenvalue weighted by Gasteiger charge is 2.26. The molecule has 8 aromatic carbocycles. The van der Waals surface area contributed by atoms with Crippen LogP contribution in [0.15, 0.2) is 181 Å². The fraction of sp³-hybridized carbons (Fsp3) is 0.0208. The van der Waals surface area contributed by atoms with Gasteiger partial charge in [-0.2, -0.15) is 0 Å². The van der Waals surface area contributed by atoms with Gasteiger partial charge in [-0.25, -0.2) is 0 Å². The Labute approximate surface area is 297 Å². The van der Waals surface area contributed by atoms with Crippen molar-refractivity contribution in [1.29, 1.82) is 0 Å². The summed E-state index contributed by atoms with van der Waals surface area (Å²) < 4.78 is 2.36. The highest BCUT2D eigenvalue weighted by Crippen LogP contribution is 2.49. The summed E-state index contributed by atoms with van der Waals surface area (Å²) in [6, 6.07) is 63.6. The Kier molecular flexibility index (Phi) is 6.71. The summed E-state index contributed by atoms with van der Waals surface area (Å²) in [5.41, 5.74) is 15.3. The highest BCUT2D eigenvalue weighted by molar-refractivity contribution is 6.10. The maximum Gasteiger partial charge on any atom is 0.0859 e. The van der Waals surface area contributed by atoms with E-state index >= 15 is 0 Å². The van der Waals surface area contributed by atoms with Crippen LogP contribution in [-0.2, 0) is 6.54 Å². The summed E-state index contributed by atoms with van der Waals surface area (Å²) >= 11 is 0. The molecule has 0 atom stereocenters. The summed E-state index contributed by atoms with van der Waals surface area (Å²) in [6.07, 6.45) is 0. The van der Waals surface area contributed by atoms with Crippen molar-refractivity contribution in [3.05, 3.63) is 181 Å². The Hall–Kier alpha value is -6.71. The van der Waals surface area contributed by atoms with Crippen LogP contribution >= 0.6 is 0 Å². The van der Waals surface area contributed by atoms with Crippen LogP contribution in [0.1, 0.15) is 5.56 Å². The smallest absolute Gasteiger partial charge is 0.0859 e. The molecule has 0 N–H and O–H groups in total. The van der Waals surface area contributed by atoms with Gasteiger partial charge in [0.2, 0.25) is 0 Å². The first-order valence-corrected chi connectivity index (χ1v) is 17.4. The zero-order valence-electron chi connectivity index (χ0n) is 28.0. The number of aromatic nitrogens is 1. The Morgan fingerprint density at radius 1 is 0.471 bits per heavy atom. The first kappa shape index (κ1) is 29.2. The van der Waals surface area contributed by atoms with E-state index in [4.69, 9.17) is 0 Å². The van der Waals surface area contributed by atoms with E-state index in [-0.39, 0.29) is 0 Å². The standard InChI is InChI=1S/C48H33N3/c1-49-43-16-8-10-18-46(43)50-31-37-24-23-34-11-5-6-14-39(34)48(37)41-27-25-36(30-47(41)50)33-21-19-32(20-22-33)35-26-28-45-42(29-35)40-15-7-9-17-44(40)51(45)38-12-3-2-4-13-38/h2-30H,1,31H2. The van der Waals surface area contributed by atoms with E-state index in [9.17, 15) is 0 Å². The molecule has 0 radical (unpaired) electrons. The first-order valence-electron chi connectivity index (χ1n) is 17.4. The highest BCUT2D eigenvalue weighted by atomic mass is 15.2. The van der Waals surface area contributed by atoms with Gasteiger partial charge in [-0.05, 0) is 99.4 Å². The summed E-state index contributed by atoms with van der Waals surface area (Å²) in [5, 5.41) is 5.06. The van der Waals surface area contributed by atoms with Crippen molar-refractivity contribution in [3.63, 3.8) is 0 Å². The zero-order chi connectivity index (χ0) is 33.9. The van der Waals surface area contributed by atoms with Crippen LogP contribution in [0.3, 0.4) is 0 Å². The van der Waals surface area contributed by atoms with Crippen LogP contribution in [0.2, 0.25) is 0 Å². The Morgan fingerprint density at radius 3 is 1.94 bits per heavy atom. The number of para-hydroxylation sites is 4. The number of fused-ring (bicyclic) bond motifs is 8. The van der Waals surface area contributed by atoms with E-state index in [1.54, 1.807) is 0 Å². The van der Waals surface area contributed by atoms with E-state index in [1.807, 2.05) is 12.1 Å². The maximum atomic E-state index is 4.40. The third-order valence-corrected chi connectivity index (χ3v) is 10.5. The van der Waals surface area contributed by atoms with Gasteiger partial charge in [0, 0.05) is 28.6 Å². The largest absolute Gasteiger partial charge is 0.335 e. The van der Waals surface area contributed by atoms with Crippen molar-refractivity contribution in [2.24, 2.45) is 4.99 Å². The van der Waals surface area contributed by atoms with Gasteiger partial charge in [-0.15, -0.1) is 0 Å². The van der Waals surface area contributed by atoms with Gasteiger partial charge in [0.15, 0.2) is 0 Å². The van der Waals surface area contributed by atoms with Gasteiger partial charge in [0.05, 0.1) is 28.1 Å². The minimum absolute atomic E-state index is 0.755. The molecule has 9 aromatic rings. The minimum atomic E-state index is 0.755. The number of anilines is 2. The molecule has 0 unspecified atom stereocenters. The molecular weight excluding hydrogens is 619 g/mol. The third-order valence-electron chi connectivity index (χ3n) is 10.5. The van der Waals surface area contributed by atoms with E-state index < -0.39 is 0 Å². The molecule has 3 heteroatoms. The molecule has 0 aliphatic carbocycles. The number of hydrogen-bond acceptors (Lipinski definition) is 2. The maximum absolute atomic E-state index is 4.40. The predicted molar refractivity (Wildman–Crippen MR) is 216 cm³/mol. The van der Waals surface area contributed by atoms with Gasteiger partial charge in [0.1, 0.15) is 0 Å². The van der Waals surface area contributed by atoms with Crippen LogP contribution in [0.25, 0.3) is 71.6 Å².